The molecule has 0 fully saturated rings. The lowest BCUT2D eigenvalue weighted by Crippen LogP contribution is -2.26. The van der Waals surface area contributed by atoms with E-state index in [2.05, 4.69) is 4.72 Å². The van der Waals surface area contributed by atoms with E-state index >= 15 is 0 Å². The van der Waals surface area contributed by atoms with Gasteiger partial charge in [0.25, 0.3) is 5.69 Å². The molecule has 0 amide bonds. The van der Waals surface area contributed by atoms with Gasteiger partial charge in [0.2, 0.25) is 10.0 Å². The van der Waals surface area contributed by atoms with Crippen LogP contribution in [0.2, 0.25) is 15.1 Å². The number of rotatable bonds is 9. The molecule has 0 aliphatic rings. The monoisotopic (exact) mass is 530 g/mol. The van der Waals surface area contributed by atoms with Gasteiger partial charge in [-0.3, -0.25) is 10.1 Å². The molecule has 0 aliphatic carbocycles. The zero-order valence-electron chi connectivity index (χ0n) is 17.0. The van der Waals surface area contributed by atoms with Gasteiger partial charge in [0.05, 0.1) is 32.0 Å². The van der Waals surface area contributed by atoms with Crippen LogP contribution in [-0.2, 0) is 16.4 Å². The minimum Gasteiger partial charge on any atom is -0.497 e. The maximum absolute atomic E-state index is 12.7. The lowest BCUT2D eigenvalue weighted by atomic mass is 10.1. The fraction of sp³-hybridized carbons (Fsp3) is 0.143. The Morgan fingerprint density at radius 2 is 1.61 bits per heavy atom. The largest absolute Gasteiger partial charge is 0.497 e. The standard InChI is InChI=1S/C21H17Cl3N2O6S/c1-31-15-5-2-13(3-6-15)8-9-25-33(29,30)16-11-18(23)21(19(24)12-16)32-20-7-4-14(26(27)28)10-17(20)22/h2-7,10-12,25H,8-9H2,1H3. The molecule has 0 aliphatic heterocycles. The summed E-state index contributed by atoms with van der Waals surface area (Å²) in [5, 5.41) is 10.7. The first kappa shape index (κ1) is 25.1. The fourth-order valence-corrected chi connectivity index (χ4v) is 4.78. The molecule has 33 heavy (non-hydrogen) atoms. The van der Waals surface area contributed by atoms with Gasteiger partial charge in [-0.2, -0.15) is 0 Å². The maximum atomic E-state index is 12.7. The molecule has 12 heteroatoms. The van der Waals surface area contributed by atoms with E-state index in [0.29, 0.717) is 12.2 Å². The number of non-ortho nitro benzene ring substituents is 1. The predicted molar refractivity (Wildman–Crippen MR) is 127 cm³/mol. The molecule has 174 valence electrons. The Hall–Kier alpha value is -2.56. The molecule has 0 atom stereocenters. The summed E-state index contributed by atoms with van der Waals surface area (Å²) in [6.45, 7) is 0.153. The molecule has 0 saturated carbocycles. The van der Waals surface area contributed by atoms with E-state index in [1.807, 2.05) is 12.1 Å². The van der Waals surface area contributed by atoms with E-state index in [9.17, 15) is 18.5 Å². The van der Waals surface area contributed by atoms with Gasteiger partial charge in [0, 0.05) is 18.7 Å². The second-order valence-electron chi connectivity index (χ2n) is 6.69. The van der Waals surface area contributed by atoms with Crippen molar-refractivity contribution in [3.63, 3.8) is 0 Å². The summed E-state index contributed by atoms with van der Waals surface area (Å²) in [6.07, 6.45) is 0.463. The van der Waals surface area contributed by atoms with E-state index in [-0.39, 0.29) is 43.7 Å². The predicted octanol–water partition coefficient (Wildman–Crippen LogP) is 5.88. The third-order valence-electron chi connectivity index (χ3n) is 4.49. The van der Waals surface area contributed by atoms with Crippen molar-refractivity contribution in [1.29, 1.82) is 0 Å². The number of sulfonamides is 1. The third-order valence-corrected chi connectivity index (χ3v) is 6.78. The highest BCUT2D eigenvalue weighted by atomic mass is 35.5. The number of nitro groups is 1. The average Bonchev–Trinajstić information content (AvgIpc) is 2.77. The number of nitrogens with zero attached hydrogens (tertiary/aromatic N) is 1. The Bertz CT molecular complexity index is 1260. The Balaban J connectivity index is 1.73. The van der Waals surface area contributed by atoms with E-state index in [1.165, 1.54) is 24.3 Å². The highest BCUT2D eigenvalue weighted by Gasteiger charge is 2.20. The van der Waals surface area contributed by atoms with Crippen LogP contribution in [0.5, 0.6) is 17.2 Å². The van der Waals surface area contributed by atoms with Crippen LogP contribution >= 0.6 is 34.8 Å². The molecule has 0 aromatic heterocycles. The van der Waals surface area contributed by atoms with Gasteiger partial charge in [-0.15, -0.1) is 0 Å². The molecule has 0 radical (unpaired) electrons. The molecule has 0 bridgehead atoms. The Morgan fingerprint density at radius 3 is 2.15 bits per heavy atom. The van der Waals surface area contributed by atoms with Gasteiger partial charge in [-0.05, 0) is 42.3 Å². The summed E-state index contributed by atoms with van der Waals surface area (Å²) < 4.78 is 38.5. The van der Waals surface area contributed by atoms with Gasteiger partial charge < -0.3 is 9.47 Å². The quantitative estimate of drug-likeness (QED) is 0.273. The fourth-order valence-electron chi connectivity index (χ4n) is 2.79. The minimum absolute atomic E-state index is 0.0340. The second-order valence-corrected chi connectivity index (χ2v) is 9.67. The number of benzene rings is 3. The molecule has 3 aromatic rings. The van der Waals surface area contributed by atoms with Crippen molar-refractivity contribution < 1.29 is 22.8 Å². The molecule has 3 aromatic carbocycles. The van der Waals surface area contributed by atoms with Crippen LogP contribution in [-0.4, -0.2) is 27.0 Å². The second kappa shape index (κ2) is 10.6. The van der Waals surface area contributed by atoms with Gasteiger partial charge in [-0.25, -0.2) is 13.1 Å². The van der Waals surface area contributed by atoms with Crippen molar-refractivity contribution in [3.8, 4) is 17.2 Å². The molecule has 3 rings (SSSR count). The first-order valence-electron chi connectivity index (χ1n) is 9.34. The van der Waals surface area contributed by atoms with Crippen molar-refractivity contribution in [2.75, 3.05) is 13.7 Å². The highest BCUT2D eigenvalue weighted by molar-refractivity contribution is 7.89. The summed E-state index contributed by atoms with van der Waals surface area (Å²) >= 11 is 18.5. The molecule has 8 nitrogen and oxygen atoms in total. The molecule has 0 unspecified atom stereocenters. The van der Waals surface area contributed by atoms with E-state index < -0.39 is 14.9 Å². The van der Waals surface area contributed by atoms with Gasteiger partial charge in [0.1, 0.15) is 11.5 Å². The van der Waals surface area contributed by atoms with Crippen LogP contribution in [0.4, 0.5) is 5.69 Å². The Morgan fingerprint density at radius 1 is 0.970 bits per heavy atom. The van der Waals surface area contributed by atoms with Crippen molar-refractivity contribution in [1.82, 2.24) is 4.72 Å². The molecular weight excluding hydrogens is 515 g/mol. The number of hydrogen-bond donors (Lipinski definition) is 1. The zero-order valence-corrected chi connectivity index (χ0v) is 20.1. The summed E-state index contributed by atoms with van der Waals surface area (Å²) in [5.74, 6) is 0.742. The topological polar surface area (TPSA) is 108 Å². The smallest absolute Gasteiger partial charge is 0.271 e. The lowest BCUT2D eigenvalue weighted by molar-refractivity contribution is -0.384. The molecule has 0 spiro atoms. The van der Waals surface area contributed by atoms with Crippen molar-refractivity contribution >= 4 is 50.5 Å². The van der Waals surface area contributed by atoms with Crippen LogP contribution in [0.3, 0.4) is 0 Å². The number of nitro benzene ring substituents is 1. The van der Waals surface area contributed by atoms with Crippen molar-refractivity contribution in [2.24, 2.45) is 0 Å². The normalized spacial score (nSPS) is 11.3. The zero-order chi connectivity index (χ0) is 24.2. The Labute approximate surface area is 205 Å². The average molecular weight is 532 g/mol. The Kier molecular flexibility index (Phi) is 8.04. The summed E-state index contributed by atoms with van der Waals surface area (Å²) in [5.41, 5.74) is 0.713. The summed E-state index contributed by atoms with van der Waals surface area (Å²) in [6, 6.07) is 13.3. The van der Waals surface area contributed by atoms with Crippen LogP contribution in [0, 0.1) is 10.1 Å². The number of nitrogens with one attached hydrogen (secondary N) is 1. The summed E-state index contributed by atoms with van der Waals surface area (Å²) in [7, 11) is -2.34. The molecule has 0 saturated heterocycles. The molecule has 1 N–H and O–H groups in total. The lowest BCUT2D eigenvalue weighted by Gasteiger charge is -2.13. The van der Waals surface area contributed by atoms with Crippen molar-refractivity contribution in [3.05, 3.63) is 85.3 Å². The van der Waals surface area contributed by atoms with Crippen LogP contribution < -0.4 is 14.2 Å². The SMILES string of the molecule is COc1ccc(CCNS(=O)(=O)c2cc(Cl)c(Oc3ccc([N+](=O)[O-])cc3Cl)c(Cl)c2)cc1. The van der Waals surface area contributed by atoms with Crippen molar-refractivity contribution in [2.45, 2.75) is 11.3 Å². The number of methoxy groups -OCH3 is 1. The third kappa shape index (κ3) is 6.27. The van der Waals surface area contributed by atoms with E-state index in [1.54, 1.807) is 19.2 Å². The summed E-state index contributed by atoms with van der Waals surface area (Å²) in [4.78, 5) is 10.1. The number of hydrogen-bond acceptors (Lipinski definition) is 6. The first-order valence-corrected chi connectivity index (χ1v) is 12.0. The van der Waals surface area contributed by atoms with Gasteiger partial charge >= 0.3 is 0 Å². The minimum atomic E-state index is -3.90. The van der Waals surface area contributed by atoms with E-state index in [4.69, 9.17) is 44.3 Å². The highest BCUT2D eigenvalue weighted by Crippen LogP contribution is 2.41. The maximum Gasteiger partial charge on any atom is 0.271 e. The van der Waals surface area contributed by atoms with Gasteiger partial charge in [-0.1, -0.05) is 46.9 Å². The van der Waals surface area contributed by atoms with Gasteiger partial charge in [0.15, 0.2) is 5.75 Å². The van der Waals surface area contributed by atoms with Crippen LogP contribution in [0.1, 0.15) is 5.56 Å². The first-order chi connectivity index (χ1) is 15.6. The number of ether oxygens (including phenoxy) is 2. The van der Waals surface area contributed by atoms with E-state index in [0.717, 1.165) is 11.6 Å². The number of halogens is 3. The molecule has 0 heterocycles. The molecular formula is C21H17Cl3N2O6S. The van der Waals surface area contributed by atoms with Crippen LogP contribution in [0.15, 0.2) is 59.5 Å². The van der Waals surface area contributed by atoms with Crippen LogP contribution in [0.25, 0.3) is 0 Å².